The van der Waals surface area contributed by atoms with Crippen molar-refractivity contribution in [2.24, 2.45) is 17.8 Å². The van der Waals surface area contributed by atoms with Gasteiger partial charge in [0.1, 0.15) is 11.5 Å². The number of nitrogens with zero attached hydrogens (tertiary/aromatic N) is 2. The number of likely N-dealkylation sites (tertiary alicyclic amines) is 2. The van der Waals surface area contributed by atoms with Crippen LogP contribution in [0.1, 0.15) is 31.2 Å². The third-order valence-electron chi connectivity index (χ3n) is 7.95. The smallest absolute Gasteiger partial charge is 0.253 e. The molecule has 4 amide bonds. The molecule has 1 N–H and O–H groups in total. The van der Waals surface area contributed by atoms with E-state index in [1.807, 2.05) is 6.08 Å². The Hall–Kier alpha value is -2.58. The Balaban J connectivity index is 1.76. The second-order valence-electron chi connectivity index (χ2n) is 9.34. The first kappa shape index (κ1) is 23.2. The third kappa shape index (κ3) is 2.61. The Morgan fingerprint density at radius 2 is 1.82 bits per heavy atom. The lowest BCUT2D eigenvalue weighted by molar-refractivity contribution is -0.141. The second-order valence-corrected chi connectivity index (χ2v) is 10.6. The molecule has 34 heavy (non-hydrogen) atoms. The fourth-order valence-corrected chi connectivity index (χ4v) is 7.42. The summed E-state index contributed by atoms with van der Waals surface area (Å²) in [7, 11) is 2.76. The number of benzene rings is 1. The minimum atomic E-state index is -1.88. The van der Waals surface area contributed by atoms with Gasteiger partial charge in [-0.05, 0) is 31.7 Å². The number of phenolic OH excluding ortho intramolecular Hbond substituents is 1. The number of fused-ring (bicyclic) bond motifs is 4. The Bertz CT molecular complexity index is 1180. The van der Waals surface area contributed by atoms with Gasteiger partial charge in [-0.2, -0.15) is 0 Å². The van der Waals surface area contributed by atoms with E-state index in [9.17, 15) is 24.3 Å². The van der Waals surface area contributed by atoms with Gasteiger partial charge < -0.3 is 9.84 Å². The molecule has 6 atom stereocenters. The van der Waals surface area contributed by atoms with Crippen LogP contribution in [0, 0.1) is 17.8 Å². The topological polar surface area (TPSA) is 104 Å². The summed E-state index contributed by atoms with van der Waals surface area (Å²) < 4.78 is 5.51. The number of carbonyl (C=O) groups excluding carboxylic acids is 4. The zero-order valence-corrected chi connectivity index (χ0v) is 20.4. The molecule has 2 saturated heterocycles. The molecule has 10 heteroatoms. The summed E-state index contributed by atoms with van der Waals surface area (Å²) in [5.74, 6) is -4.30. The van der Waals surface area contributed by atoms with Crippen molar-refractivity contribution in [3.63, 3.8) is 0 Å². The number of carbonyl (C=O) groups is 4. The van der Waals surface area contributed by atoms with Crippen LogP contribution in [0.15, 0.2) is 29.8 Å². The molecule has 0 aromatic heterocycles. The van der Waals surface area contributed by atoms with Gasteiger partial charge in [0.05, 0.1) is 18.9 Å². The van der Waals surface area contributed by atoms with Crippen LogP contribution in [-0.2, 0) is 19.2 Å². The van der Waals surface area contributed by atoms with E-state index in [0.717, 1.165) is 4.90 Å². The Morgan fingerprint density at radius 1 is 1.12 bits per heavy atom. The monoisotopic (exact) mass is 506 g/mol. The zero-order chi connectivity index (χ0) is 24.7. The van der Waals surface area contributed by atoms with Crippen molar-refractivity contribution in [3.05, 3.63) is 35.4 Å². The van der Waals surface area contributed by atoms with E-state index in [0.29, 0.717) is 17.6 Å². The van der Waals surface area contributed by atoms with E-state index >= 15 is 0 Å². The fraction of sp³-hybridized carbons (Fsp3) is 0.500. The van der Waals surface area contributed by atoms with E-state index in [1.54, 1.807) is 13.0 Å². The molecule has 1 aromatic rings. The first-order valence-electron chi connectivity index (χ1n) is 11.1. The molecular formula is C24H24Cl2N2O6. The Morgan fingerprint density at radius 3 is 2.47 bits per heavy atom. The molecule has 2 aliphatic heterocycles. The molecule has 0 spiro atoms. The molecule has 0 bridgehead atoms. The van der Waals surface area contributed by atoms with Gasteiger partial charge >= 0.3 is 0 Å². The van der Waals surface area contributed by atoms with E-state index < -0.39 is 45.2 Å². The molecule has 180 valence electrons. The molecule has 0 radical (unpaired) electrons. The lowest BCUT2D eigenvalue weighted by atomic mass is 9.56. The predicted octanol–water partition coefficient (Wildman–Crippen LogP) is 2.41. The van der Waals surface area contributed by atoms with Crippen molar-refractivity contribution in [1.82, 2.24) is 9.80 Å². The molecule has 5 rings (SSSR count). The van der Waals surface area contributed by atoms with E-state index in [-0.39, 0.29) is 36.3 Å². The number of phenols is 1. The van der Waals surface area contributed by atoms with Crippen LogP contribution in [0.2, 0.25) is 0 Å². The van der Waals surface area contributed by atoms with Crippen molar-refractivity contribution < 1.29 is 29.0 Å². The van der Waals surface area contributed by atoms with Crippen LogP contribution >= 0.6 is 23.2 Å². The van der Waals surface area contributed by atoms with Gasteiger partial charge in [0.25, 0.3) is 11.8 Å². The summed E-state index contributed by atoms with van der Waals surface area (Å²) in [5, 5.41) is 10.0. The highest BCUT2D eigenvalue weighted by molar-refractivity contribution is 6.53. The van der Waals surface area contributed by atoms with Crippen molar-refractivity contribution >= 4 is 46.8 Å². The second kappa shape index (κ2) is 7.46. The summed E-state index contributed by atoms with van der Waals surface area (Å²) >= 11 is 14.2. The molecular weight excluding hydrogens is 483 g/mol. The molecule has 0 unspecified atom stereocenters. The van der Waals surface area contributed by atoms with E-state index in [2.05, 4.69) is 0 Å². The van der Waals surface area contributed by atoms with Crippen molar-refractivity contribution in [2.45, 2.75) is 35.4 Å². The number of imide groups is 2. The average Bonchev–Trinajstić information content (AvgIpc) is 3.14. The van der Waals surface area contributed by atoms with Crippen molar-refractivity contribution in [2.75, 3.05) is 20.7 Å². The fourth-order valence-electron chi connectivity index (χ4n) is 6.40. The van der Waals surface area contributed by atoms with Gasteiger partial charge in [-0.1, -0.05) is 17.7 Å². The number of alkyl halides is 2. The van der Waals surface area contributed by atoms with Crippen LogP contribution in [0.3, 0.4) is 0 Å². The summed E-state index contributed by atoms with van der Waals surface area (Å²) in [6, 6.07) is 4.43. The molecule has 2 aliphatic carbocycles. The van der Waals surface area contributed by atoms with Crippen LogP contribution < -0.4 is 4.74 Å². The SMILES string of the molecule is CCN1C(=O)[C@H]2[C@H](CC=C3[C@H]2C[C@@]2(Cl)C(=O)N(C)C(=O)[C@@]2(Cl)[C@H]3c2ccc(O)cc2OC)C1=O. The number of aromatic hydroxyl groups is 1. The highest BCUT2D eigenvalue weighted by atomic mass is 35.5. The molecule has 2 heterocycles. The summed E-state index contributed by atoms with van der Waals surface area (Å²) in [5.41, 5.74) is 1.15. The van der Waals surface area contributed by atoms with Gasteiger partial charge in [-0.3, -0.25) is 29.0 Å². The zero-order valence-electron chi connectivity index (χ0n) is 18.9. The highest BCUT2D eigenvalue weighted by Crippen LogP contribution is 2.66. The number of amides is 4. The number of rotatable bonds is 3. The van der Waals surface area contributed by atoms with E-state index in [4.69, 9.17) is 27.9 Å². The average molecular weight is 507 g/mol. The summed E-state index contributed by atoms with van der Waals surface area (Å²) in [6.07, 6.45) is 2.13. The molecule has 3 fully saturated rings. The van der Waals surface area contributed by atoms with Gasteiger partial charge in [0.15, 0.2) is 9.75 Å². The number of ether oxygens (including phenoxy) is 1. The van der Waals surface area contributed by atoms with E-state index in [1.165, 1.54) is 31.2 Å². The van der Waals surface area contributed by atoms with Gasteiger partial charge in [-0.25, -0.2) is 0 Å². The predicted molar refractivity (Wildman–Crippen MR) is 123 cm³/mol. The number of allylic oxidation sites excluding steroid dienone is 2. The number of halogens is 2. The standard InChI is InChI=1S/C24H24Cl2N2O6/c1-4-28-19(30)14-8-7-12-15(17(14)20(28)31)10-23(25)21(32)27(2)22(33)24(23,26)18(12)13-6-5-11(29)9-16(13)34-3/h5-7,9,14-15,17-18,29H,4,8,10H2,1-3H3/t14-,15+,17-,18+,23+,24-/m0/s1. The Kier molecular flexibility index (Phi) is 5.08. The summed E-state index contributed by atoms with van der Waals surface area (Å²) in [4.78, 5) is 51.5. The number of hydrogen-bond donors (Lipinski definition) is 1. The Labute approximate surface area is 206 Å². The largest absolute Gasteiger partial charge is 0.508 e. The van der Waals surface area contributed by atoms with Crippen LogP contribution in [0.4, 0.5) is 0 Å². The quantitative estimate of drug-likeness (QED) is 0.383. The minimum absolute atomic E-state index is 0.0482. The molecule has 4 aliphatic rings. The first-order valence-corrected chi connectivity index (χ1v) is 11.9. The van der Waals surface area contributed by atoms with Gasteiger partial charge in [-0.15, -0.1) is 23.2 Å². The lowest BCUT2D eigenvalue weighted by Crippen LogP contribution is -2.60. The molecule has 1 aromatic carbocycles. The van der Waals surface area contributed by atoms with Crippen LogP contribution in [-0.4, -0.2) is 69.0 Å². The maximum atomic E-state index is 13.5. The van der Waals surface area contributed by atoms with Crippen molar-refractivity contribution in [3.8, 4) is 11.5 Å². The minimum Gasteiger partial charge on any atom is -0.508 e. The third-order valence-corrected chi connectivity index (χ3v) is 9.36. The number of methoxy groups -OCH3 is 1. The normalized spacial score (nSPS) is 36.9. The molecule has 1 saturated carbocycles. The summed E-state index contributed by atoms with van der Waals surface area (Å²) in [6.45, 7) is 2.00. The first-order chi connectivity index (χ1) is 16.0. The highest BCUT2D eigenvalue weighted by Gasteiger charge is 2.76. The maximum Gasteiger partial charge on any atom is 0.253 e. The lowest BCUT2D eigenvalue weighted by Gasteiger charge is -2.51. The maximum absolute atomic E-state index is 13.5. The van der Waals surface area contributed by atoms with Crippen molar-refractivity contribution in [1.29, 1.82) is 0 Å². The number of hydrogen-bond acceptors (Lipinski definition) is 6. The van der Waals surface area contributed by atoms with Crippen LogP contribution in [0.5, 0.6) is 11.5 Å². The van der Waals surface area contributed by atoms with Crippen LogP contribution in [0.25, 0.3) is 0 Å². The van der Waals surface area contributed by atoms with Gasteiger partial charge in [0, 0.05) is 31.1 Å². The molecule has 8 nitrogen and oxygen atoms in total. The van der Waals surface area contributed by atoms with Gasteiger partial charge in [0.2, 0.25) is 11.8 Å².